The fourth-order valence-electron chi connectivity index (χ4n) is 2.35. The normalized spacial score (nSPS) is 14.3. The minimum atomic E-state index is -3.57. The molecule has 0 fully saturated rings. The fraction of sp³-hybridized carbons (Fsp3) is 0.188. The second-order valence-electron chi connectivity index (χ2n) is 5.03. The second kappa shape index (κ2) is 5.67. The Morgan fingerprint density at radius 1 is 1.18 bits per heavy atom. The van der Waals surface area contributed by atoms with Crippen LogP contribution < -0.4 is 4.31 Å². The predicted molar refractivity (Wildman–Crippen MR) is 87.6 cm³/mol. The number of anilines is 1. The van der Waals surface area contributed by atoms with Crippen LogP contribution in [-0.4, -0.2) is 20.7 Å². The van der Waals surface area contributed by atoms with E-state index in [0.717, 1.165) is 10.5 Å². The Hall–Kier alpha value is -1.97. The van der Waals surface area contributed by atoms with E-state index in [0.29, 0.717) is 28.4 Å². The summed E-state index contributed by atoms with van der Waals surface area (Å²) in [5.74, 6) is 0.674. The molecule has 3 rings (SSSR count). The molecule has 1 aliphatic heterocycles. The molecule has 0 saturated heterocycles. The van der Waals surface area contributed by atoms with E-state index in [9.17, 15) is 8.42 Å². The number of fused-ring (bicyclic) bond motifs is 1. The minimum absolute atomic E-state index is 0.292. The summed E-state index contributed by atoms with van der Waals surface area (Å²) in [4.78, 5) is 1.13. The van der Waals surface area contributed by atoms with Crippen LogP contribution in [0.25, 0.3) is 0 Å². The molecule has 0 radical (unpaired) electrons. The summed E-state index contributed by atoms with van der Waals surface area (Å²) >= 11 is 1.58. The lowest BCUT2D eigenvalue weighted by molar-refractivity contribution is 0.591. The van der Waals surface area contributed by atoms with E-state index in [2.05, 4.69) is 6.07 Å². The van der Waals surface area contributed by atoms with Crippen LogP contribution in [0.5, 0.6) is 0 Å². The van der Waals surface area contributed by atoms with Crippen LogP contribution in [0.15, 0.2) is 52.3 Å². The second-order valence-corrected chi connectivity index (χ2v) is 8.03. The van der Waals surface area contributed by atoms with Gasteiger partial charge >= 0.3 is 0 Å². The topological polar surface area (TPSA) is 61.2 Å². The molecule has 2 aromatic rings. The molecule has 1 heterocycles. The van der Waals surface area contributed by atoms with Crippen molar-refractivity contribution >= 4 is 27.5 Å². The van der Waals surface area contributed by atoms with Crippen molar-refractivity contribution in [2.24, 2.45) is 0 Å². The van der Waals surface area contributed by atoms with Crippen LogP contribution in [0.3, 0.4) is 0 Å². The standard InChI is InChI=1S/C16H14N2O2S2/c1-12-2-5-14(6-3-12)22(19,20)18-8-9-21-16-10-13(11-17)4-7-15(16)18/h2-7,10H,8-9H2,1H3. The molecule has 0 saturated carbocycles. The van der Waals surface area contributed by atoms with Crippen LogP contribution in [-0.2, 0) is 10.0 Å². The highest BCUT2D eigenvalue weighted by Gasteiger charge is 2.29. The van der Waals surface area contributed by atoms with Gasteiger partial charge in [-0.05, 0) is 37.3 Å². The summed E-state index contributed by atoms with van der Waals surface area (Å²) in [5, 5.41) is 8.98. The number of hydrogen-bond donors (Lipinski definition) is 0. The van der Waals surface area contributed by atoms with E-state index >= 15 is 0 Å². The Balaban J connectivity index is 2.07. The summed E-state index contributed by atoms with van der Waals surface area (Å²) in [6.45, 7) is 2.35. The summed E-state index contributed by atoms with van der Waals surface area (Å²) in [6, 6.07) is 14.1. The lowest BCUT2D eigenvalue weighted by atomic mass is 10.2. The molecule has 112 valence electrons. The molecule has 0 amide bonds. The zero-order valence-corrected chi connectivity index (χ0v) is 13.6. The van der Waals surface area contributed by atoms with E-state index < -0.39 is 10.0 Å². The third kappa shape index (κ3) is 2.58. The van der Waals surface area contributed by atoms with E-state index in [1.165, 1.54) is 4.31 Å². The number of rotatable bonds is 2. The largest absolute Gasteiger partial charge is 0.264 e. The summed E-state index contributed by atoms with van der Waals surface area (Å²) in [6.07, 6.45) is 0. The molecule has 4 nitrogen and oxygen atoms in total. The minimum Gasteiger partial charge on any atom is -0.264 e. The highest BCUT2D eigenvalue weighted by atomic mass is 32.2. The first kappa shape index (κ1) is 14.9. The zero-order chi connectivity index (χ0) is 15.7. The van der Waals surface area contributed by atoms with Crippen molar-refractivity contribution in [3.8, 4) is 6.07 Å². The molecule has 0 spiro atoms. The third-order valence-corrected chi connectivity index (χ3v) is 6.37. The maximum atomic E-state index is 12.9. The SMILES string of the molecule is Cc1ccc(S(=O)(=O)N2CCSc3cc(C#N)ccc32)cc1. The van der Waals surface area contributed by atoms with Crippen molar-refractivity contribution in [1.82, 2.24) is 0 Å². The average Bonchev–Trinajstić information content (AvgIpc) is 2.54. The van der Waals surface area contributed by atoms with Crippen molar-refractivity contribution in [3.05, 3.63) is 53.6 Å². The maximum absolute atomic E-state index is 12.9. The Kier molecular flexibility index (Phi) is 3.85. The Labute approximate surface area is 134 Å². The number of thioether (sulfide) groups is 1. The fourth-order valence-corrected chi connectivity index (χ4v) is 5.04. The molecule has 0 bridgehead atoms. The Morgan fingerprint density at radius 3 is 2.59 bits per heavy atom. The van der Waals surface area contributed by atoms with Crippen LogP contribution in [0.4, 0.5) is 5.69 Å². The monoisotopic (exact) mass is 330 g/mol. The van der Waals surface area contributed by atoms with E-state index in [1.54, 1.807) is 54.2 Å². The molecule has 6 heteroatoms. The van der Waals surface area contributed by atoms with E-state index in [1.807, 2.05) is 6.92 Å². The number of sulfonamides is 1. The smallest absolute Gasteiger partial charge is 0.264 e. The predicted octanol–water partition coefficient (Wildman–Crippen LogP) is 3.17. The van der Waals surface area contributed by atoms with Gasteiger partial charge in [0, 0.05) is 17.2 Å². The van der Waals surface area contributed by atoms with Gasteiger partial charge in [0.1, 0.15) is 0 Å². The molecule has 0 aromatic heterocycles. The summed E-state index contributed by atoms with van der Waals surface area (Å²) in [7, 11) is -3.57. The van der Waals surface area contributed by atoms with Gasteiger partial charge in [-0.15, -0.1) is 11.8 Å². The molecule has 0 N–H and O–H groups in total. The molecule has 0 unspecified atom stereocenters. The van der Waals surface area contributed by atoms with Crippen molar-refractivity contribution in [1.29, 1.82) is 5.26 Å². The van der Waals surface area contributed by atoms with Crippen molar-refractivity contribution in [2.75, 3.05) is 16.6 Å². The lowest BCUT2D eigenvalue weighted by Gasteiger charge is -2.30. The van der Waals surface area contributed by atoms with Gasteiger partial charge in [0.25, 0.3) is 10.0 Å². The van der Waals surface area contributed by atoms with Gasteiger partial charge in [0.15, 0.2) is 0 Å². The van der Waals surface area contributed by atoms with Gasteiger partial charge in [0.05, 0.1) is 22.2 Å². The van der Waals surface area contributed by atoms with Crippen LogP contribution >= 0.6 is 11.8 Å². The van der Waals surface area contributed by atoms with E-state index in [-0.39, 0.29) is 0 Å². The highest BCUT2D eigenvalue weighted by Crippen LogP contribution is 2.38. The zero-order valence-electron chi connectivity index (χ0n) is 12.0. The third-order valence-electron chi connectivity index (χ3n) is 3.52. The summed E-state index contributed by atoms with van der Waals surface area (Å²) < 4.78 is 27.2. The molecular formula is C16H14N2O2S2. The Bertz CT molecular complexity index is 853. The first-order valence-corrected chi connectivity index (χ1v) is 9.21. The number of benzene rings is 2. The lowest BCUT2D eigenvalue weighted by Crippen LogP contribution is -2.35. The molecular weight excluding hydrogens is 316 g/mol. The van der Waals surface area contributed by atoms with Gasteiger partial charge < -0.3 is 0 Å². The number of hydrogen-bond acceptors (Lipinski definition) is 4. The van der Waals surface area contributed by atoms with Crippen LogP contribution in [0.2, 0.25) is 0 Å². The Morgan fingerprint density at radius 2 is 1.91 bits per heavy atom. The number of nitrogens with zero attached hydrogens (tertiary/aromatic N) is 2. The first-order valence-electron chi connectivity index (χ1n) is 6.79. The molecule has 1 aliphatic rings. The molecule has 22 heavy (non-hydrogen) atoms. The van der Waals surface area contributed by atoms with Gasteiger partial charge in [0.2, 0.25) is 0 Å². The van der Waals surface area contributed by atoms with Crippen LogP contribution in [0, 0.1) is 18.3 Å². The quantitative estimate of drug-likeness (QED) is 0.848. The highest BCUT2D eigenvalue weighted by molar-refractivity contribution is 8.00. The maximum Gasteiger partial charge on any atom is 0.264 e. The van der Waals surface area contributed by atoms with Gasteiger partial charge in [-0.25, -0.2) is 8.42 Å². The first-order chi connectivity index (χ1) is 10.5. The molecule has 0 atom stereocenters. The van der Waals surface area contributed by atoms with Crippen molar-refractivity contribution < 1.29 is 8.42 Å². The van der Waals surface area contributed by atoms with Crippen molar-refractivity contribution in [3.63, 3.8) is 0 Å². The van der Waals surface area contributed by atoms with Crippen molar-refractivity contribution in [2.45, 2.75) is 16.7 Å². The van der Waals surface area contributed by atoms with Crippen LogP contribution in [0.1, 0.15) is 11.1 Å². The average molecular weight is 330 g/mol. The van der Waals surface area contributed by atoms with Gasteiger partial charge in [-0.1, -0.05) is 17.7 Å². The number of nitriles is 1. The van der Waals surface area contributed by atoms with E-state index in [4.69, 9.17) is 5.26 Å². The van der Waals surface area contributed by atoms with Gasteiger partial charge in [-0.2, -0.15) is 5.26 Å². The number of aryl methyl sites for hydroxylation is 1. The molecule has 0 aliphatic carbocycles. The summed E-state index contributed by atoms with van der Waals surface area (Å²) in [5.41, 5.74) is 2.21. The van der Waals surface area contributed by atoms with Gasteiger partial charge in [-0.3, -0.25) is 4.31 Å². The molecule has 2 aromatic carbocycles.